The number of hydrogen-bond acceptors (Lipinski definition) is 6. The molecule has 0 aliphatic carbocycles. The van der Waals surface area contributed by atoms with Crippen molar-refractivity contribution in [3.63, 3.8) is 0 Å². The number of carboxylic acids is 1. The van der Waals surface area contributed by atoms with Crippen LogP contribution in [0, 0.1) is 11.7 Å². The number of halogens is 4. The molecular weight excluding hydrogens is 436 g/mol. The third-order valence-corrected chi connectivity index (χ3v) is 7.00. The minimum Gasteiger partial charge on any atom is -0.475 e. The number of alkyl halides is 3. The molecule has 1 atom stereocenters. The zero-order chi connectivity index (χ0) is 22.7. The second-order valence-corrected chi connectivity index (χ2v) is 9.65. The maximum Gasteiger partial charge on any atom is 0.490 e. The second-order valence-electron chi connectivity index (χ2n) is 7.16. The number of sulfonamides is 1. The van der Waals surface area contributed by atoms with Gasteiger partial charge >= 0.3 is 12.1 Å². The van der Waals surface area contributed by atoms with E-state index in [9.17, 15) is 26.0 Å². The Balaban J connectivity index is 0.000000396. The first-order valence-electron chi connectivity index (χ1n) is 8.96. The molecule has 3 heterocycles. The topological polar surface area (TPSA) is 106 Å². The van der Waals surface area contributed by atoms with Crippen LogP contribution in [0.5, 0.6) is 5.88 Å². The van der Waals surface area contributed by atoms with Gasteiger partial charge < -0.3 is 14.6 Å². The summed E-state index contributed by atoms with van der Waals surface area (Å²) in [6, 6.07) is 2.80. The zero-order valence-electron chi connectivity index (χ0n) is 16.2. The molecule has 2 aliphatic rings. The molecule has 1 N–H and O–H groups in total. The van der Waals surface area contributed by atoms with Crippen LogP contribution in [0.3, 0.4) is 0 Å². The lowest BCUT2D eigenvalue weighted by atomic mass is 9.83. The van der Waals surface area contributed by atoms with Crippen molar-refractivity contribution in [2.75, 3.05) is 26.3 Å². The Labute approximate surface area is 170 Å². The first kappa shape index (κ1) is 24.3. The zero-order valence-corrected chi connectivity index (χ0v) is 17.0. The van der Waals surface area contributed by atoms with Gasteiger partial charge in [0.1, 0.15) is 5.60 Å². The number of nitrogens with zero attached hydrogens (tertiary/aromatic N) is 2. The number of aromatic nitrogens is 1. The molecule has 30 heavy (non-hydrogen) atoms. The van der Waals surface area contributed by atoms with Crippen LogP contribution in [0.25, 0.3) is 0 Å². The van der Waals surface area contributed by atoms with Crippen LogP contribution < -0.4 is 4.74 Å². The SMILES string of the molecule is CC(C)S(=O)(=O)N1CC2(C1)OCCC2COc1ncccc1F.O=C(O)C(F)(F)F. The highest BCUT2D eigenvalue weighted by atomic mass is 32.2. The Kier molecular flexibility index (Phi) is 7.30. The van der Waals surface area contributed by atoms with Crippen molar-refractivity contribution in [1.82, 2.24) is 9.29 Å². The van der Waals surface area contributed by atoms with E-state index >= 15 is 0 Å². The van der Waals surface area contributed by atoms with E-state index in [4.69, 9.17) is 19.4 Å². The predicted molar refractivity (Wildman–Crippen MR) is 95.8 cm³/mol. The Morgan fingerprint density at radius 1 is 1.43 bits per heavy atom. The first-order valence-corrected chi connectivity index (χ1v) is 10.5. The monoisotopic (exact) mass is 458 g/mol. The van der Waals surface area contributed by atoms with E-state index in [1.54, 1.807) is 13.8 Å². The predicted octanol–water partition coefficient (Wildman–Crippen LogP) is 2.06. The van der Waals surface area contributed by atoms with Gasteiger partial charge in [0.05, 0.1) is 11.9 Å². The van der Waals surface area contributed by atoms with E-state index in [0.29, 0.717) is 19.7 Å². The molecule has 0 saturated carbocycles. The minimum absolute atomic E-state index is 0.0273. The van der Waals surface area contributed by atoms with Crippen molar-refractivity contribution in [1.29, 1.82) is 0 Å². The molecule has 170 valence electrons. The van der Waals surface area contributed by atoms with Gasteiger partial charge in [-0.05, 0) is 32.4 Å². The van der Waals surface area contributed by atoms with Crippen LogP contribution in [-0.4, -0.2) is 72.1 Å². The van der Waals surface area contributed by atoms with E-state index in [2.05, 4.69) is 4.98 Å². The molecule has 1 spiro atoms. The van der Waals surface area contributed by atoms with Crippen LogP contribution in [-0.2, 0) is 19.6 Å². The average Bonchev–Trinajstić information content (AvgIpc) is 3.03. The molecule has 2 aliphatic heterocycles. The fourth-order valence-corrected chi connectivity index (χ4v) is 4.45. The number of carbonyl (C=O) groups is 1. The fraction of sp³-hybridized carbons (Fsp3) is 0.647. The van der Waals surface area contributed by atoms with Crippen LogP contribution in [0.15, 0.2) is 18.3 Å². The molecule has 1 aromatic rings. The molecule has 1 aromatic heterocycles. The van der Waals surface area contributed by atoms with Crippen LogP contribution in [0.1, 0.15) is 20.3 Å². The van der Waals surface area contributed by atoms with E-state index < -0.39 is 38.8 Å². The molecule has 2 saturated heterocycles. The van der Waals surface area contributed by atoms with Crippen LogP contribution in [0.4, 0.5) is 17.6 Å². The highest BCUT2D eigenvalue weighted by Crippen LogP contribution is 2.41. The van der Waals surface area contributed by atoms with E-state index in [0.717, 1.165) is 6.42 Å². The summed E-state index contributed by atoms with van der Waals surface area (Å²) in [5.74, 6) is -3.26. The van der Waals surface area contributed by atoms with Crippen molar-refractivity contribution in [2.24, 2.45) is 5.92 Å². The lowest BCUT2D eigenvalue weighted by molar-refractivity contribution is -0.192. The Morgan fingerprint density at radius 3 is 2.53 bits per heavy atom. The molecule has 13 heteroatoms. The van der Waals surface area contributed by atoms with Crippen molar-refractivity contribution in [3.8, 4) is 5.88 Å². The summed E-state index contributed by atoms with van der Waals surface area (Å²) in [6.07, 6.45) is -2.84. The van der Waals surface area contributed by atoms with Crippen molar-refractivity contribution in [3.05, 3.63) is 24.1 Å². The molecule has 0 bridgehead atoms. The quantitative estimate of drug-likeness (QED) is 0.674. The molecule has 8 nitrogen and oxygen atoms in total. The van der Waals surface area contributed by atoms with Crippen LogP contribution in [0.2, 0.25) is 0 Å². The van der Waals surface area contributed by atoms with Gasteiger partial charge in [0.15, 0.2) is 5.82 Å². The van der Waals surface area contributed by atoms with Gasteiger partial charge in [-0.15, -0.1) is 0 Å². The number of hydrogen-bond donors (Lipinski definition) is 1. The van der Waals surface area contributed by atoms with Gasteiger partial charge in [-0.2, -0.15) is 17.5 Å². The first-order chi connectivity index (χ1) is 13.8. The third-order valence-electron chi connectivity index (χ3n) is 4.83. The summed E-state index contributed by atoms with van der Waals surface area (Å²) < 4.78 is 82.4. The van der Waals surface area contributed by atoms with Gasteiger partial charge in [-0.25, -0.2) is 22.6 Å². The molecule has 3 rings (SSSR count). The average molecular weight is 458 g/mol. The number of ether oxygens (including phenoxy) is 2. The highest BCUT2D eigenvalue weighted by Gasteiger charge is 2.56. The standard InChI is InChI=1S/C15H21FN2O4S.C2HF3O2/c1-11(2)23(19,20)18-9-15(10-18)12(5-7-22-15)8-21-14-13(16)4-3-6-17-14;3-2(4,5)1(6)7/h3-4,6,11-12H,5,7-10H2,1-2H3;(H,6,7). The maximum atomic E-state index is 13.6. The van der Waals surface area contributed by atoms with Crippen molar-refractivity contribution < 1.29 is 45.4 Å². The highest BCUT2D eigenvalue weighted by molar-refractivity contribution is 7.89. The minimum atomic E-state index is -5.08. The molecule has 1 unspecified atom stereocenters. The Hall–Kier alpha value is -1.99. The van der Waals surface area contributed by atoms with Gasteiger partial charge in [0, 0.05) is 31.8 Å². The van der Waals surface area contributed by atoms with Gasteiger partial charge in [0.25, 0.3) is 0 Å². The lowest BCUT2D eigenvalue weighted by Gasteiger charge is -2.49. The maximum absolute atomic E-state index is 13.6. The van der Waals surface area contributed by atoms with Crippen molar-refractivity contribution in [2.45, 2.75) is 37.3 Å². The smallest absolute Gasteiger partial charge is 0.475 e. The summed E-state index contributed by atoms with van der Waals surface area (Å²) in [5, 5.41) is 6.68. The summed E-state index contributed by atoms with van der Waals surface area (Å²) in [4.78, 5) is 12.8. The van der Waals surface area contributed by atoms with E-state index in [-0.39, 0.29) is 18.4 Å². The Morgan fingerprint density at radius 2 is 2.03 bits per heavy atom. The normalized spacial score (nSPS) is 21.1. The van der Waals surface area contributed by atoms with E-state index in [1.165, 1.54) is 22.6 Å². The van der Waals surface area contributed by atoms with Crippen molar-refractivity contribution >= 4 is 16.0 Å². The second kappa shape index (κ2) is 9.02. The third kappa shape index (κ3) is 5.38. The number of aliphatic carboxylic acids is 1. The molecule has 2 fully saturated rings. The molecule has 0 amide bonds. The summed E-state index contributed by atoms with van der Waals surface area (Å²) >= 11 is 0. The molecule has 0 aromatic carbocycles. The number of pyridine rings is 1. The molecular formula is C17H22F4N2O6S. The lowest BCUT2D eigenvalue weighted by Crippen LogP contribution is -2.67. The molecule has 0 radical (unpaired) electrons. The summed E-state index contributed by atoms with van der Waals surface area (Å²) in [5.41, 5.74) is -0.507. The fourth-order valence-electron chi connectivity index (χ4n) is 3.06. The summed E-state index contributed by atoms with van der Waals surface area (Å²) in [6.45, 7) is 4.84. The van der Waals surface area contributed by atoms with Gasteiger partial charge in [0.2, 0.25) is 15.9 Å². The van der Waals surface area contributed by atoms with Crippen LogP contribution >= 0.6 is 0 Å². The number of carboxylic acid groups (broad SMARTS) is 1. The van der Waals surface area contributed by atoms with Gasteiger partial charge in [-0.3, -0.25) is 0 Å². The largest absolute Gasteiger partial charge is 0.490 e. The Bertz CT molecular complexity index is 856. The van der Waals surface area contributed by atoms with Gasteiger partial charge in [-0.1, -0.05) is 0 Å². The van der Waals surface area contributed by atoms with E-state index in [1.807, 2.05) is 0 Å². The summed E-state index contributed by atoms with van der Waals surface area (Å²) in [7, 11) is -3.26. The number of rotatable bonds is 5.